The van der Waals surface area contributed by atoms with Gasteiger partial charge in [0.15, 0.2) is 0 Å². The van der Waals surface area contributed by atoms with E-state index in [4.69, 9.17) is 0 Å². The van der Waals surface area contributed by atoms with Crippen molar-refractivity contribution in [3.8, 4) is 0 Å². The summed E-state index contributed by atoms with van der Waals surface area (Å²) in [5, 5.41) is 5.98. The molecule has 2 heterocycles. The lowest BCUT2D eigenvalue weighted by atomic mass is 9.69. The van der Waals surface area contributed by atoms with Crippen molar-refractivity contribution in [3.05, 3.63) is 58.4 Å². The molecule has 2 amide bonds. The van der Waals surface area contributed by atoms with Crippen molar-refractivity contribution >= 4 is 23.2 Å². The Morgan fingerprint density at radius 1 is 0.857 bits per heavy atom. The van der Waals surface area contributed by atoms with Crippen molar-refractivity contribution < 1.29 is 14.0 Å². The van der Waals surface area contributed by atoms with Crippen LogP contribution < -0.4 is 10.6 Å². The predicted octanol–water partition coefficient (Wildman–Crippen LogP) is 6.90. The Hall–Kier alpha value is -2.69. The average molecular weight is 479 g/mol. The van der Waals surface area contributed by atoms with Crippen molar-refractivity contribution in [3.63, 3.8) is 0 Å². The highest BCUT2D eigenvalue weighted by Gasteiger charge is 2.41. The molecule has 2 aromatic carbocycles. The molecule has 1 atom stereocenters. The summed E-state index contributed by atoms with van der Waals surface area (Å²) in [6.07, 6.45) is 2.55. The minimum Gasteiger partial charge on any atom is -0.325 e. The van der Waals surface area contributed by atoms with Crippen LogP contribution in [0.2, 0.25) is 0 Å². The number of fused-ring (bicyclic) bond motifs is 2. The molecule has 1 unspecified atom stereocenters. The van der Waals surface area contributed by atoms with Crippen LogP contribution in [0.1, 0.15) is 90.5 Å². The van der Waals surface area contributed by atoms with E-state index in [-0.39, 0.29) is 23.0 Å². The summed E-state index contributed by atoms with van der Waals surface area (Å²) in [4.78, 5) is 25.5. The molecular formula is C30H39FN2O2. The Kier molecular flexibility index (Phi) is 5.94. The Labute approximate surface area is 209 Å². The Morgan fingerprint density at radius 2 is 1.49 bits per heavy atom. The second-order valence-electron chi connectivity index (χ2n) is 13.2. The van der Waals surface area contributed by atoms with E-state index < -0.39 is 16.2 Å². The molecule has 0 spiro atoms. The summed E-state index contributed by atoms with van der Waals surface area (Å²) < 4.78 is 15.3. The highest BCUT2D eigenvalue weighted by atomic mass is 19.1. The Balaban J connectivity index is 1.57. The van der Waals surface area contributed by atoms with E-state index in [1.54, 1.807) is 0 Å². The molecule has 188 valence electrons. The standard InChI is InChI=1S/C30H39FN2O2/c1-27(2,3)20-9-10-23-18(13-20)17-30(8,26(35)32-23)12-11-28(4,5)21-14-19-16-29(6,7)25(34)33-24(19)15-22(21)31/h9-10,13-15H,11-12,16-17H2,1-8H3,(H,32,35)(H,33,34). The number of carbonyl (C=O) groups is 2. The fourth-order valence-corrected chi connectivity index (χ4v) is 5.27. The van der Waals surface area contributed by atoms with Gasteiger partial charge in [-0.1, -0.05) is 73.6 Å². The smallest absolute Gasteiger partial charge is 0.230 e. The van der Waals surface area contributed by atoms with Crippen LogP contribution in [0.25, 0.3) is 0 Å². The maximum absolute atomic E-state index is 15.3. The van der Waals surface area contributed by atoms with Gasteiger partial charge in [0.25, 0.3) is 0 Å². The molecule has 0 bridgehead atoms. The third-order valence-electron chi connectivity index (χ3n) is 8.07. The number of nitrogens with one attached hydrogen (secondary N) is 2. The SMILES string of the molecule is CC1(C)Cc2cc(C(C)(C)CCC3(C)Cc4cc(C(C)(C)C)ccc4NC3=O)c(F)cc2NC1=O. The number of carbonyl (C=O) groups excluding carboxylic acids is 2. The zero-order valence-electron chi connectivity index (χ0n) is 22.4. The van der Waals surface area contributed by atoms with Gasteiger partial charge >= 0.3 is 0 Å². The molecule has 0 saturated heterocycles. The fourth-order valence-electron chi connectivity index (χ4n) is 5.27. The van der Waals surface area contributed by atoms with Gasteiger partial charge in [-0.15, -0.1) is 0 Å². The Morgan fingerprint density at radius 3 is 2.14 bits per heavy atom. The lowest BCUT2D eigenvalue weighted by Gasteiger charge is -2.38. The van der Waals surface area contributed by atoms with E-state index in [2.05, 4.69) is 43.5 Å². The number of rotatable bonds is 4. The minimum absolute atomic E-state index is 0.0275. The summed E-state index contributed by atoms with van der Waals surface area (Å²) >= 11 is 0. The third-order valence-corrected chi connectivity index (χ3v) is 8.07. The summed E-state index contributed by atoms with van der Waals surface area (Å²) in [6, 6.07) is 9.70. The van der Waals surface area contributed by atoms with Crippen LogP contribution in [0, 0.1) is 16.6 Å². The van der Waals surface area contributed by atoms with Crippen molar-refractivity contribution in [1.29, 1.82) is 0 Å². The van der Waals surface area contributed by atoms with E-state index >= 15 is 4.39 Å². The summed E-state index contributed by atoms with van der Waals surface area (Å²) in [5.41, 5.74) is 3.94. The molecular weight excluding hydrogens is 439 g/mol. The number of anilines is 2. The number of halogens is 1. The molecule has 4 rings (SSSR count). The van der Waals surface area contributed by atoms with E-state index in [1.807, 2.05) is 46.8 Å². The summed E-state index contributed by atoms with van der Waals surface area (Å²) in [7, 11) is 0. The van der Waals surface area contributed by atoms with Crippen molar-refractivity contribution in [2.24, 2.45) is 10.8 Å². The van der Waals surface area contributed by atoms with E-state index in [0.717, 1.165) is 16.8 Å². The van der Waals surface area contributed by atoms with Crippen LogP contribution in [0.4, 0.5) is 15.8 Å². The molecule has 0 saturated carbocycles. The molecule has 2 N–H and O–H groups in total. The molecule has 0 radical (unpaired) electrons. The first-order valence-electron chi connectivity index (χ1n) is 12.6. The normalized spacial score (nSPS) is 21.6. The van der Waals surface area contributed by atoms with Crippen LogP contribution >= 0.6 is 0 Å². The largest absolute Gasteiger partial charge is 0.325 e. The molecule has 0 aromatic heterocycles. The molecule has 2 aliphatic heterocycles. The fraction of sp³-hybridized carbons (Fsp3) is 0.533. The van der Waals surface area contributed by atoms with Gasteiger partial charge in [0, 0.05) is 16.8 Å². The highest BCUT2D eigenvalue weighted by molar-refractivity contribution is 5.99. The predicted molar refractivity (Wildman–Crippen MR) is 140 cm³/mol. The average Bonchev–Trinajstić information content (AvgIpc) is 2.73. The topological polar surface area (TPSA) is 58.2 Å². The van der Waals surface area contributed by atoms with Gasteiger partial charge in [-0.05, 0) is 70.9 Å². The van der Waals surface area contributed by atoms with Crippen molar-refractivity contribution in [2.45, 2.75) is 91.9 Å². The van der Waals surface area contributed by atoms with E-state index in [0.29, 0.717) is 36.9 Å². The number of hydrogen-bond acceptors (Lipinski definition) is 2. The van der Waals surface area contributed by atoms with Gasteiger partial charge in [-0.3, -0.25) is 9.59 Å². The van der Waals surface area contributed by atoms with Crippen LogP contribution in [0.3, 0.4) is 0 Å². The number of amides is 2. The van der Waals surface area contributed by atoms with Crippen molar-refractivity contribution in [2.75, 3.05) is 10.6 Å². The van der Waals surface area contributed by atoms with Crippen LogP contribution in [0.15, 0.2) is 30.3 Å². The quantitative estimate of drug-likeness (QED) is 0.502. The van der Waals surface area contributed by atoms with Gasteiger partial charge in [0.2, 0.25) is 11.8 Å². The lowest BCUT2D eigenvalue weighted by Crippen LogP contribution is -2.41. The first-order chi connectivity index (χ1) is 16.0. The van der Waals surface area contributed by atoms with Crippen LogP contribution in [-0.4, -0.2) is 11.8 Å². The molecule has 0 aliphatic carbocycles. The number of benzene rings is 2. The molecule has 0 fully saturated rings. The second-order valence-corrected chi connectivity index (χ2v) is 13.2. The monoisotopic (exact) mass is 478 g/mol. The van der Waals surface area contributed by atoms with Crippen LogP contribution in [0.5, 0.6) is 0 Å². The first kappa shape index (κ1) is 25.4. The third kappa shape index (κ3) is 4.74. The van der Waals surface area contributed by atoms with Gasteiger partial charge in [0.1, 0.15) is 5.82 Å². The molecule has 2 aliphatic rings. The molecule has 5 heteroatoms. The van der Waals surface area contributed by atoms with E-state index in [9.17, 15) is 9.59 Å². The van der Waals surface area contributed by atoms with Gasteiger partial charge in [-0.25, -0.2) is 4.39 Å². The first-order valence-corrected chi connectivity index (χ1v) is 12.6. The summed E-state index contributed by atoms with van der Waals surface area (Å²) in [6.45, 7) is 16.5. The zero-order valence-corrected chi connectivity index (χ0v) is 22.4. The Bertz CT molecular complexity index is 1210. The summed E-state index contributed by atoms with van der Waals surface area (Å²) in [5.74, 6) is -0.366. The van der Waals surface area contributed by atoms with E-state index in [1.165, 1.54) is 11.6 Å². The molecule has 35 heavy (non-hydrogen) atoms. The maximum Gasteiger partial charge on any atom is 0.230 e. The highest BCUT2D eigenvalue weighted by Crippen LogP contribution is 2.43. The van der Waals surface area contributed by atoms with Crippen LogP contribution in [-0.2, 0) is 33.3 Å². The van der Waals surface area contributed by atoms with Gasteiger partial charge < -0.3 is 10.6 Å². The van der Waals surface area contributed by atoms with Crippen molar-refractivity contribution in [1.82, 2.24) is 0 Å². The van der Waals surface area contributed by atoms with Gasteiger partial charge in [-0.2, -0.15) is 0 Å². The second kappa shape index (κ2) is 8.18. The maximum atomic E-state index is 15.3. The minimum atomic E-state index is -0.568. The van der Waals surface area contributed by atoms with Gasteiger partial charge in [0.05, 0.1) is 5.41 Å². The number of hydrogen-bond donors (Lipinski definition) is 2. The lowest BCUT2D eigenvalue weighted by molar-refractivity contribution is -0.126. The molecule has 4 nitrogen and oxygen atoms in total. The molecule has 2 aromatic rings. The zero-order chi connectivity index (χ0) is 26.0.